The maximum absolute atomic E-state index is 5.51. The van der Waals surface area contributed by atoms with Gasteiger partial charge in [0, 0.05) is 37.1 Å². The van der Waals surface area contributed by atoms with Crippen molar-refractivity contribution in [1.82, 2.24) is 15.6 Å². The highest BCUT2D eigenvalue weighted by molar-refractivity contribution is 5.79. The van der Waals surface area contributed by atoms with Gasteiger partial charge in [-0.25, -0.2) is 4.99 Å². The molecule has 7 heteroatoms. The number of ether oxygens (including phenoxy) is 3. The number of aliphatic imine (C=N–C) groups is 1. The van der Waals surface area contributed by atoms with Crippen molar-refractivity contribution in [3.05, 3.63) is 52.8 Å². The fraction of sp³-hybridized carbons (Fsp3) is 0.478. The zero-order chi connectivity index (χ0) is 21.8. The Balaban J connectivity index is 2.04. The molecule has 2 aromatic rings. The van der Waals surface area contributed by atoms with Crippen LogP contribution in [0, 0.1) is 13.8 Å². The van der Waals surface area contributed by atoms with Crippen molar-refractivity contribution in [1.29, 1.82) is 0 Å². The molecule has 7 nitrogen and oxygen atoms in total. The van der Waals surface area contributed by atoms with E-state index in [2.05, 4.69) is 15.6 Å². The zero-order valence-corrected chi connectivity index (χ0v) is 18.7. The van der Waals surface area contributed by atoms with Crippen molar-refractivity contribution >= 4 is 5.96 Å². The van der Waals surface area contributed by atoms with E-state index in [1.807, 2.05) is 51.2 Å². The standard InChI is InChI=1S/C23H34N4O3/c1-6-30-13-7-12-24-23(26-15-19-8-10-20(28-4)11-9-19)27-16-21-18(3)22(29-5)17(2)14-25-21/h8-11,14H,6-7,12-13,15-16H2,1-5H3,(H2,24,26,27). The van der Waals surface area contributed by atoms with E-state index in [0.29, 0.717) is 13.1 Å². The third-order valence-corrected chi connectivity index (χ3v) is 4.71. The average molecular weight is 415 g/mol. The van der Waals surface area contributed by atoms with Crippen molar-refractivity contribution in [3.8, 4) is 11.5 Å². The molecule has 0 fully saturated rings. The Labute approximate surface area is 179 Å². The molecule has 0 unspecified atom stereocenters. The summed E-state index contributed by atoms with van der Waals surface area (Å²) in [6, 6.07) is 7.93. The first-order chi connectivity index (χ1) is 14.6. The highest BCUT2D eigenvalue weighted by atomic mass is 16.5. The lowest BCUT2D eigenvalue weighted by Gasteiger charge is -2.15. The van der Waals surface area contributed by atoms with Gasteiger partial charge in [-0.15, -0.1) is 0 Å². The summed E-state index contributed by atoms with van der Waals surface area (Å²) in [4.78, 5) is 9.28. The Hall–Kier alpha value is -2.80. The molecule has 0 aliphatic heterocycles. The molecule has 0 atom stereocenters. The van der Waals surface area contributed by atoms with Crippen LogP contribution in [0.1, 0.15) is 35.7 Å². The number of aryl methyl sites for hydroxylation is 1. The van der Waals surface area contributed by atoms with E-state index in [1.165, 1.54) is 0 Å². The first kappa shape index (κ1) is 23.5. The van der Waals surface area contributed by atoms with Crippen molar-refractivity contribution < 1.29 is 14.2 Å². The van der Waals surface area contributed by atoms with E-state index in [-0.39, 0.29) is 0 Å². The Bertz CT molecular complexity index is 807. The summed E-state index contributed by atoms with van der Waals surface area (Å²) in [5.41, 5.74) is 4.11. The lowest BCUT2D eigenvalue weighted by molar-refractivity contribution is 0.145. The van der Waals surface area contributed by atoms with Crippen molar-refractivity contribution in [2.24, 2.45) is 4.99 Å². The maximum Gasteiger partial charge on any atom is 0.191 e. The molecule has 0 radical (unpaired) electrons. The predicted molar refractivity (Wildman–Crippen MR) is 120 cm³/mol. The molecule has 1 aromatic heterocycles. The maximum atomic E-state index is 5.51. The van der Waals surface area contributed by atoms with Crippen LogP contribution >= 0.6 is 0 Å². The number of aromatic nitrogens is 1. The number of pyridine rings is 1. The Kier molecular flexibility index (Phi) is 9.94. The molecular formula is C23H34N4O3. The topological polar surface area (TPSA) is 77.0 Å². The molecule has 0 spiro atoms. The first-order valence-electron chi connectivity index (χ1n) is 10.3. The number of methoxy groups -OCH3 is 2. The normalized spacial score (nSPS) is 11.3. The molecule has 0 aliphatic carbocycles. The minimum atomic E-state index is 0.558. The van der Waals surface area contributed by atoms with E-state index in [1.54, 1.807) is 14.2 Å². The summed E-state index contributed by atoms with van der Waals surface area (Å²) in [6.07, 6.45) is 2.75. The molecule has 2 N–H and O–H groups in total. The van der Waals surface area contributed by atoms with Crippen LogP contribution in [0.25, 0.3) is 0 Å². The summed E-state index contributed by atoms with van der Waals surface area (Å²) >= 11 is 0. The molecular weight excluding hydrogens is 380 g/mol. The Morgan fingerprint density at radius 1 is 1.07 bits per heavy atom. The van der Waals surface area contributed by atoms with Gasteiger partial charge in [-0.1, -0.05) is 12.1 Å². The molecule has 0 saturated heterocycles. The highest BCUT2D eigenvalue weighted by Gasteiger charge is 2.10. The number of rotatable bonds is 11. The van der Waals surface area contributed by atoms with Crippen molar-refractivity contribution in [2.45, 2.75) is 40.3 Å². The average Bonchev–Trinajstić information content (AvgIpc) is 2.76. The summed E-state index contributed by atoms with van der Waals surface area (Å²) in [5.74, 6) is 2.45. The quantitative estimate of drug-likeness (QED) is 0.333. The van der Waals surface area contributed by atoms with Gasteiger partial charge in [0.25, 0.3) is 0 Å². The van der Waals surface area contributed by atoms with Gasteiger partial charge < -0.3 is 24.8 Å². The molecule has 0 bridgehead atoms. The fourth-order valence-corrected chi connectivity index (χ4v) is 3.02. The second kappa shape index (κ2) is 12.7. The summed E-state index contributed by atoms with van der Waals surface area (Å²) in [7, 11) is 3.35. The van der Waals surface area contributed by atoms with Crippen LogP contribution in [0.5, 0.6) is 11.5 Å². The second-order valence-electron chi connectivity index (χ2n) is 6.89. The van der Waals surface area contributed by atoms with Crippen LogP contribution in [-0.4, -0.2) is 44.9 Å². The van der Waals surface area contributed by atoms with E-state index in [4.69, 9.17) is 19.2 Å². The van der Waals surface area contributed by atoms with Gasteiger partial charge in [0.2, 0.25) is 0 Å². The molecule has 1 heterocycles. The summed E-state index contributed by atoms with van der Waals surface area (Å²) in [5, 5.41) is 6.76. The van der Waals surface area contributed by atoms with Gasteiger partial charge in [-0.05, 0) is 44.9 Å². The van der Waals surface area contributed by atoms with Gasteiger partial charge in [-0.3, -0.25) is 4.98 Å². The lowest BCUT2D eigenvalue weighted by Crippen LogP contribution is -2.38. The number of nitrogens with one attached hydrogen (secondary N) is 2. The first-order valence-corrected chi connectivity index (χ1v) is 10.3. The number of benzene rings is 1. The molecule has 0 aliphatic rings. The zero-order valence-electron chi connectivity index (χ0n) is 18.7. The number of hydrogen-bond acceptors (Lipinski definition) is 5. The van der Waals surface area contributed by atoms with Crippen LogP contribution in [-0.2, 0) is 17.8 Å². The van der Waals surface area contributed by atoms with E-state index in [9.17, 15) is 0 Å². The van der Waals surface area contributed by atoms with Gasteiger partial charge >= 0.3 is 0 Å². The van der Waals surface area contributed by atoms with Crippen molar-refractivity contribution in [3.63, 3.8) is 0 Å². The van der Waals surface area contributed by atoms with Crippen LogP contribution in [0.4, 0.5) is 0 Å². The molecule has 30 heavy (non-hydrogen) atoms. The van der Waals surface area contributed by atoms with Crippen LogP contribution in [0.15, 0.2) is 35.5 Å². The summed E-state index contributed by atoms with van der Waals surface area (Å²) < 4.78 is 16.1. The summed E-state index contributed by atoms with van der Waals surface area (Å²) in [6.45, 7) is 9.38. The number of guanidine groups is 1. The van der Waals surface area contributed by atoms with Gasteiger partial charge in [0.05, 0.1) is 33.0 Å². The van der Waals surface area contributed by atoms with Gasteiger partial charge in [0.1, 0.15) is 11.5 Å². The molecule has 2 rings (SSSR count). The smallest absolute Gasteiger partial charge is 0.191 e. The Morgan fingerprint density at radius 2 is 1.83 bits per heavy atom. The van der Waals surface area contributed by atoms with Gasteiger partial charge in [-0.2, -0.15) is 0 Å². The van der Waals surface area contributed by atoms with E-state index >= 15 is 0 Å². The Morgan fingerprint density at radius 3 is 2.50 bits per heavy atom. The third kappa shape index (κ3) is 7.22. The molecule has 0 amide bonds. The van der Waals surface area contributed by atoms with Crippen LogP contribution in [0.3, 0.4) is 0 Å². The SMILES string of the molecule is CCOCCCNC(=NCc1ccc(OC)cc1)NCc1ncc(C)c(OC)c1C. The largest absolute Gasteiger partial charge is 0.497 e. The number of nitrogens with zero attached hydrogens (tertiary/aromatic N) is 2. The fourth-order valence-electron chi connectivity index (χ4n) is 3.02. The number of hydrogen-bond donors (Lipinski definition) is 2. The van der Waals surface area contributed by atoms with Crippen LogP contribution < -0.4 is 20.1 Å². The van der Waals surface area contributed by atoms with Gasteiger partial charge in [0.15, 0.2) is 5.96 Å². The second-order valence-corrected chi connectivity index (χ2v) is 6.89. The van der Waals surface area contributed by atoms with Crippen molar-refractivity contribution in [2.75, 3.05) is 34.0 Å². The molecule has 164 valence electrons. The lowest BCUT2D eigenvalue weighted by atomic mass is 10.1. The minimum absolute atomic E-state index is 0.558. The monoisotopic (exact) mass is 414 g/mol. The van der Waals surface area contributed by atoms with Crippen LogP contribution in [0.2, 0.25) is 0 Å². The highest BCUT2D eigenvalue weighted by Crippen LogP contribution is 2.23. The molecule has 1 aromatic carbocycles. The van der Waals surface area contributed by atoms with E-state index < -0.39 is 0 Å². The molecule has 0 saturated carbocycles. The third-order valence-electron chi connectivity index (χ3n) is 4.71. The van der Waals surface area contributed by atoms with E-state index in [0.717, 1.165) is 66.0 Å². The predicted octanol–water partition coefficient (Wildman–Crippen LogP) is 3.38. The minimum Gasteiger partial charge on any atom is -0.497 e.